The maximum absolute atomic E-state index is 12.5. The molecular weight excluding hydrogens is 398 g/mol. The lowest BCUT2D eigenvalue weighted by Gasteiger charge is -2.09. The number of aryl methyl sites for hydroxylation is 1. The molecule has 1 aliphatic rings. The van der Waals surface area contributed by atoms with E-state index in [2.05, 4.69) is 27.3 Å². The molecule has 2 heterocycles. The van der Waals surface area contributed by atoms with Gasteiger partial charge in [-0.25, -0.2) is 0 Å². The van der Waals surface area contributed by atoms with Crippen LogP contribution < -0.4 is 5.32 Å². The van der Waals surface area contributed by atoms with Crippen molar-refractivity contribution in [2.45, 2.75) is 32.2 Å². The van der Waals surface area contributed by atoms with E-state index in [1.165, 1.54) is 4.88 Å². The summed E-state index contributed by atoms with van der Waals surface area (Å²) >= 11 is 5.03. The third-order valence-electron chi connectivity index (χ3n) is 4.58. The Morgan fingerprint density at radius 2 is 2.16 bits per heavy atom. The highest BCUT2D eigenvalue weighted by molar-refractivity contribution is 9.10. The molecule has 1 aliphatic carbocycles. The van der Waals surface area contributed by atoms with E-state index in [9.17, 15) is 10.1 Å². The van der Waals surface area contributed by atoms with E-state index in [4.69, 9.17) is 0 Å². The fourth-order valence-corrected chi connectivity index (χ4v) is 5.04. The van der Waals surface area contributed by atoms with Crippen LogP contribution in [0.3, 0.4) is 0 Å². The summed E-state index contributed by atoms with van der Waals surface area (Å²) in [5, 5.41) is 14.3. The molecule has 2 aromatic heterocycles. The first-order chi connectivity index (χ1) is 12.2. The molecule has 0 saturated heterocycles. The second-order valence-electron chi connectivity index (χ2n) is 6.22. The van der Waals surface area contributed by atoms with Gasteiger partial charge in [-0.2, -0.15) is 5.26 Å². The molecule has 0 atom stereocenters. The highest BCUT2D eigenvalue weighted by Gasteiger charge is 2.21. The van der Waals surface area contributed by atoms with Crippen molar-refractivity contribution in [1.29, 1.82) is 5.26 Å². The van der Waals surface area contributed by atoms with Crippen LogP contribution in [-0.4, -0.2) is 10.5 Å². The number of carbonyl (C=O) groups is 1. The maximum atomic E-state index is 12.5. The number of aromatic nitrogens is 1. The average molecular weight is 414 g/mol. The largest absolute Gasteiger partial charge is 0.338 e. The van der Waals surface area contributed by atoms with Crippen LogP contribution in [0.2, 0.25) is 0 Å². The molecule has 0 spiro atoms. The first kappa shape index (κ1) is 16.4. The topological polar surface area (TPSA) is 57.8 Å². The highest BCUT2D eigenvalue weighted by Crippen LogP contribution is 2.37. The lowest BCUT2D eigenvalue weighted by molar-refractivity contribution is -0.116. The Morgan fingerprint density at radius 3 is 3.00 bits per heavy atom. The highest BCUT2D eigenvalue weighted by atomic mass is 79.9. The summed E-state index contributed by atoms with van der Waals surface area (Å²) in [6.45, 7) is 0.235. The predicted octanol–water partition coefficient (Wildman–Crippen LogP) is 4.85. The van der Waals surface area contributed by atoms with Gasteiger partial charge in [-0.1, -0.05) is 15.9 Å². The van der Waals surface area contributed by atoms with Gasteiger partial charge < -0.3 is 9.88 Å². The van der Waals surface area contributed by atoms with Crippen LogP contribution in [0.25, 0.3) is 10.9 Å². The molecule has 4 rings (SSSR count). The number of nitriles is 1. The minimum atomic E-state index is -0.101. The van der Waals surface area contributed by atoms with E-state index in [-0.39, 0.29) is 12.5 Å². The van der Waals surface area contributed by atoms with E-state index in [1.54, 1.807) is 11.3 Å². The zero-order valence-electron chi connectivity index (χ0n) is 13.5. The van der Waals surface area contributed by atoms with Gasteiger partial charge in [0.25, 0.3) is 0 Å². The molecule has 6 heteroatoms. The first-order valence-electron chi connectivity index (χ1n) is 8.24. The fraction of sp³-hybridized carbons (Fsp3) is 0.263. The van der Waals surface area contributed by atoms with E-state index < -0.39 is 0 Å². The molecule has 0 radical (unpaired) electrons. The number of carbonyl (C=O) groups excluding carboxylic acids is 1. The third kappa shape index (κ3) is 3.10. The normalized spacial score (nSPS) is 13.4. The summed E-state index contributed by atoms with van der Waals surface area (Å²) in [4.78, 5) is 13.8. The summed E-state index contributed by atoms with van der Waals surface area (Å²) in [5.41, 5.74) is 2.82. The zero-order chi connectivity index (χ0) is 17.4. The lowest BCUT2D eigenvalue weighted by atomic mass is 9.96. The number of nitrogens with zero attached hydrogens (tertiary/aromatic N) is 2. The molecule has 4 nitrogen and oxygen atoms in total. The Hall–Kier alpha value is -2.10. The number of fused-ring (bicyclic) bond motifs is 2. The van der Waals surface area contributed by atoms with Crippen LogP contribution in [0, 0.1) is 11.3 Å². The number of hydrogen-bond donors (Lipinski definition) is 1. The number of amides is 1. The Bertz CT molecular complexity index is 1010. The molecule has 0 saturated carbocycles. The zero-order valence-corrected chi connectivity index (χ0v) is 15.9. The van der Waals surface area contributed by atoms with Crippen LogP contribution in [0.1, 0.15) is 28.8 Å². The Kier molecular flexibility index (Phi) is 4.36. The van der Waals surface area contributed by atoms with Crippen LogP contribution in [0.4, 0.5) is 5.00 Å². The SMILES string of the molecule is N#Cc1c(NC(=O)Cn2ccc3cc(Br)ccc32)sc2c1CCCC2. The van der Waals surface area contributed by atoms with Gasteiger partial charge in [0, 0.05) is 26.4 Å². The Morgan fingerprint density at radius 1 is 1.32 bits per heavy atom. The summed E-state index contributed by atoms with van der Waals surface area (Å²) in [6, 6.07) is 10.3. The van der Waals surface area contributed by atoms with E-state index in [0.717, 1.165) is 46.6 Å². The maximum Gasteiger partial charge on any atom is 0.244 e. The lowest BCUT2D eigenvalue weighted by Crippen LogP contribution is -2.18. The van der Waals surface area contributed by atoms with Crippen molar-refractivity contribution in [3.8, 4) is 6.07 Å². The molecule has 3 aromatic rings. The van der Waals surface area contributed by atoms with Gasteiger partial charge in [-0.15, -0.1) is 11.3 Å². The molecular formula is C19H16BrN3OS. The predicted molar refractivity (Wildman–Crippen MR) is 104 cm³/mol. The summed E-state index contributed by atoms with van der Waals surface area (Å²) < 4.78 is 2.95. The number of nitrogens with one attached hydrogen (secondary N) is 1. The minimum absolute atomic E-state index is 0.101. The van der Waals surface area contributed by atoms with Crippen LogP contribution >= 0.6 is 27.3 Å². The summed E-state index contributed by atoms with van der Waals surface area (Å²) in [5.74, 6) is -0.101. The number of halogens is 1. The second kappa shape index (κ2) is 6.66. The molecule has 1 amide bonds. The molecule has 0 fully saturated rings. The van der Waals surface area contributed by atoms with Gasteiger partial charge in [-0.3, -0.25) is 4.79 Å². The van der Waals surface area contributed by atoms with Gasteiger partial charge in [0.1, 0.15) is 17.6 Å². The Balaban J connectivity index is 1.56. The Labute approximate surface area is 158 Å². The summed E-state index contributed by atoms with van der Waals surface area (Å²) in [7, 11) is 0. The first-order valence-corrected chi connectivity index (χ1v) is 9.85. The molecule has 0 unspecified atom stereocenters. The van der Waals surface area contributed by atoms with Crippen LogP contribution in [0.15, 0.2) is 34.9 Å². The number of thiophene rings is 1. The quantitative estimate of drug-likeness (QED) is 0.666. The average Bonchev–Trinajstić information content (AvgIpc) is 3.15. The second-order valence-corrected chi connectivity index (χ2v) is 8.24. The van der Waals surface area contributed by atoms with Crippen molar-refractivity contribution in [2.24, 2.45) is 0 Å². The number of hydrogen-bond acceptors (Lipinski definition) is 3. The van der Waals surface area contributed by atoms with Gasteiger partial charge in [0.05, 0.1) is 5.56 Å². The number of rotatable bonds is 3. The standard InChI is InChI=1S/C19H16BrN3OS/c20-13-5-6-16-12(9-13)7-8-23(16)11-18(24)22-19-15(10-21)14-3-1-2-4-17(14)25-19/h5-9H,1-4,11H2,(H,22,24). The number of benzene rings is 1. The van der Waals surface area contributed by atoms with E-state index >= 15 is 0 Å². The molecule has 126 valence electrons. The van der Waals surface area contributed by atoms with Gasteiger partial charge in [0.2, 0.25) is 5.91 Å². The van der Waals surface area contributed by atoms with Crippen molar-refractivity contribution in [3.63, 3.8) is 0 Å². The molecule has 1 aromatic carbocycles. The van der Waals surface area contributed by atoms with E-state index in [1.807, 2.05) is 35.0 Å². The van der Waals surface area contributed by atoms with Crippen molar-refractivity contribution >= 4 is 49.1 Å². The minimum Gasteiger partial charge on any atom is -0.338 e. The molecule has 0 aliphatic heterocycles. The molecule has 1 N–H and O–H groups in total. The number of anilines is 1. The van der Waals surface area contributed by atoms with Gasteiger partial charge in [-0.05, 0) is 55.5 Å². The van der Waals surface area contributed by atoms with Crippen LogP contribution in [0.5, 0.6) is 0 Å². The van der Waals surface area contributed by atoms with Crippen molar-refractivity contribution in [2.75, 3.05) is 5.32 Å². The van der Waals surface area contributed by atoms with Gasteiger partial charge >= 0.3 is 0 Å². The van der Waals surface area contributed by atoms with Gasteiger partial charge in [0.15, 0.2) is 0 Å². The van der Waals surface area contributed by atoms with E-state index in [0.29, 0.717) is 10.6 Å². The van der Waals surface area contributed by atoms with Crippen molar-refractivity contribution in [3.05, 3.63) is 50.9 Å². The van der Waals surface area contributed by atoms with Crippen molar-refractivity contribution in [1.82, 2.24) is 4.57 Å². The van der Waals surface area contributed by atoms with Crippen molar-refractivity contribution < 1.29 is 4.79 Å². The monoisotopic (exact) mass is 413 g/mol. The van der Waals surface area contributed by atoms with Crippen LogP contribution in [-0.2, 0) is 24.2 Å². The fourth-order valence-electron chi connectivity index (χ4n) is 3.40. The summed E-state index contributed by atoms with van der Waals surface area (Å²) in [6.07, 6.45) is 6.16. The smallest absolute Gasteiger partial charge is 0.244 e. The third-order valence-corrected chi connectivity index (χ3v) is 6.28. The molecule has 25 heavy (non-hydrogen) atoms. The molecule has 0 bridgehead atoms.